The molecule has 0 aliphatic heterocycles. The molecule has 3 rings (SSSR count). The van der Waals surface area contributed by atoms with Crippen LogP contribution in [-0.4, -0.2) is 17.0 Å². The van der Waals surface area contributed by atoms with Crippen LogP contribution in [0, 0.1) is 5.82 Å². The molecular formula is C16H14FN3S. The van der Waals surface area contributed by atoms with Gasteiger partial charge in [-0.1, -0.05) is 30.0 Å². The van der Waals surface area contributed by atoms with Gasteiger partial charge in [0.2, 0.25) is 0 Å². The van der Waals surface area contributed by atoms with E-state index < -0.39 is 0 Å². The number of hydrogen-bond donors (Lipinski definition) is 1. The summed E-state index contributed by atoms with van der Waals surface area (Å²) >= 11 is 1.45. The highest BCUT2D eigenvalue weighted by molar-refractivity contribution is 7.99. The second-order valence-electron chi connectivity index (χ2n) is 4.62. The lowest BCUT2D eigenvalue weighted by Gasteiger charge is -2.07. The molecule has 3 aromatic rings. The Bertz CT molecular complexity index is 771. The van der Waals surface area contributed by atoms with Gasteiger partial charge in [-0.25, -0.2) is 14.4 Å². The quantitative estimate of drug-likeness (QED) is 0.746. The van der Waals surface area contributed by atoms with E-state index >= 15 is 0 Å². The lowest BCUT2D eigenvalue weighted by molar-refractivity contribution is 0.619. The Hall–Kier alpha value is -1.98. The van der Waals surface area contributed by atoms with Gasteiger partial charge in [-0.3, -0.25) is 0 Å². The molecule has 106 valence electrons. The van der Waals surface area contributed by atoms with E-state index in [1.54, 1.807) is 12.4 Å². The average molecular weight is 299 g/mol. The fraction of sp³-hybridized carbons (Fsp3) is 0.125. The Morgan fingerprint density at radius 3 is 2.86 bits per heavy atom. The van der Waals surface area contributed by atoms with Gasteiger partial charge in [-0.15, -0.1) is 0 Å². The smallest absolute Gasteiger partial charge is 0.124 e. The highest BCUT2D eigenvalue weighted by Gasteiger charge is 2.07. The molecule has 2 aromatic carbocycles. The summed E-state index contributed by atoms with van der Waals surface area (Å²) in [7, 11) is 1.84. The molecule has 1 aromatic heterocycles. The number of halogens is 1. The maximum Gasteiger partial charge on any atom is 0.124 e. The van der Waals surface area contributed by atoms with Crippen LogP contribution in [0.15, 0.2) is 58.7 Å². The lowest BCUT2D eigenvalue weighted by atomic mass is 10.2. The van der Waals surface area contributed by atoms with Crippen LogP contribution in [0.25, 0.3) is 10.9 Å². The standard InChI is InChI=1S/C16H14FN3S/c1-18-9-11-6-12(17)8-13(7-11)21-16-14-4-2-3-5-15(14)19-10-20-16/h2-8,10,18H,9H2,1H3. The fourth-order valence-electron chi connectivity index (χ4n) is 2.16. The van der Waals surface area contributed by atoms with Crippen molar-refractivity contribution in [3.8, 4) is 0 Å². The van der Waals surface area contributed by atoms with E-state index in [9.17, 15) is 4.39 Å². The molecule has 0 unspecified atom stereocenters. The lowest BCUT2D eigenvalue weighted by Crippen LogP contribution is -2.05. The molecule has 0 bridgehead atoms. The van der Waals surface area contributed by atoms with E-state index in [0.717, 1.165) is 26.4 Å². The van der Waals surface area contributed by atoms with Gasteiger partial charge < -0.3 is 5.32 Å². The molecule has 3 nitrogen and oxygen atoms in total. The number of nitrogens with one attached hydrogen (secondary N) is 1. The summed E-state index contributed by atoms with van der Waals surface area (Å²) in [4.78, 5) is 9.40. The van der Waals surface area contributed by atoms with Crippen LogP contribution in [0.5, 0.6) is 0 Å². The van der Waals surface area contributed by atoms with Crippen LogP contribution in [0.2, 0.25) is 0 Å². The zero-order valence-corrected chi connectivity index (χ0v) is 12.3. The van der Waals surface area contributed by atoms with Crippen molar-refractivity contribution >= 4 is 22.7 Å². The first-order valence-electron chi connectivity index (χ1n) is 6.58. The number of nitrogens with zero attached hydrogens (tertiary/aromatic N) is 2. The number of aromatic nitrogens is 2. The Morgan fingerprint density at radius 2 is 2.00 bits per heavy atom. The summed E-state index contributed by atoms with van der Waals surface area (Å²) in [5.74, 6) is -0.233. The van der Waals surface area contributed by atoms with Crippen molar-refractivity contribution in [2.75, 3.05) is 7.05 Å². The molecule has 1 heterocycles. The topological polar surface area (TPSA) is 37.8 Å². The monoisotopic (exact) mass is 299 g/mol. The predicted octanol–water partition coefficient (Wildman–Crippen LogP) is 3.64. The minimum absolute atomic E-state index is 0.233. The number of para-hydroxylation sites is 1. The average Bonchev–Trinajstić information content (AvgIpc) is 2.47. The maximum absolute atomic E-state index is 13.7. The number of fused-ring (bicyclic) bond motifs is 1. The molecule has 0 fully saturated rings. The summed E-state index contributed by atoms with van der Waals surface area (Å²) in [5, 5.41) is 4.84. The van der Waals surface area contributed by atoms with E-state index in [4.69, 9.17) is 0 Å². The van der Waals surface area contributed by atoms with Gasteiger partial charge in [-0.05, 0) is 36.9 Å². The minimum atomic E-state index is -0.233. The van der Waals surface area contributed by atoms with Crippen LogP contribution in [-0.2, 0) is 6.54 Å². The molecule has 0 spiro atoms. The third kappa shape index (κ3) is 3.20. The van der Waals surface area contributed by atoms with E-state index in [0.29, 0.717) is 6.54 Å². The zero-order chi connectivity index (χ0) is 14.7. The highest BCUT2D eigenvalue weighted by atomic mass is 32.2. The van der Waals surface area contributed by atoms with Gasteiger partial charge in [0, 0.05) is 16.8 Å². The van der Waals surface area contributed by atoms with Gasteiger partial charge in [0.05, 0.1) is 5.52 Å². The number of rotatable bonds is 4. The molecule has 0 saturated carbocycles. The van der Waals surface area contributed by atoms with Gasteiger partial charge in [-0.2, -0.15) is 0 Å². The van der Waals surface area contributed by atoms with Gasteiger partial charge >= 0.3 is 0 Å². The van der Waals surface area contributed by atoms with E-state index in [2.05, 4.69) is 15.3 Å². The molecule has 1 N–H and O–H groups in total. The predicted molar refractivity (Wildman–Crippen MR) is 82.8 cm³/mol. The molecule has 0 aliphatic rings. The molecule has 0 aliphatic carbocycles. The third-order valence-electron chi connectivity index (χ3n) is 3.03. The molecular weight excluding hydrogens is 285 g/mol. The molecule has 0 amide bonds. The molecule has 0 atom stereocenters. The Labute approximate surface area is 126 Å². The second kappa shape index (κ2) is 6.20. The zero-order valence-electron chi connectivity index (χ0n) is 11.5. The van der Waals surface area contributed by atoms with Crippen molar-refractivity contribution in [2.45, 2.75) is 16.5 Å². The van der Waals surface area contributed by atoms with Crippen LogP contribution < -0.4 is 5.32 Å². The Balaban J connectivity index is 1.98. The van der Waals surface area contributed by atoms with Crippen LogP contribution in [0.3, 0.4) is 0 Å². The van der Waals surface area contributed by atoms with Crippen molar-refractivity contribution in [3.63, 3.8) is 0 Å². The largest absolute Gasteiger partial charge is 0.316 e. The maximum atomic E-state index is 13.7. The van der Waals surface area contributed by atoms with Crippen LogP contribution in [0.1, 0.15) is 5.56 Å². The normalized spacial score (nSPS) is 11.0. The first-order chi connectivity index (χ1) is 10.3. The molecule has 0 radical (unpaired) electrons. The van der Waals surface area contributed by atoms with Crippen molar-refractivity contribution < 1.29 is 4.39 Å². The van der Waals surface area contributed by atoms with E-state index in [-0.39, 0.29) is 5.82 Å². The first kappa shape index (κ1) is 14.0. The van der Waals surface area contributed by atoms with Crippen molar-refractivity contribution in [3.05, 3.63) is 60.2 Å². The van der Waals surface area contributed by atoms with Crippen LogP contribution >= 0.6 is 11.8 Å². The summed E-state index contributed by atoms with van der Waals surface area (Å²) in [6.07, 6.45) is 1.54. The molecule has 5 heteroatoms. The van der Waals surface area contributed by atoms with Crippen LogP contribution in [0.4, 0.5) is 4.39 Å². The fourth-order valence-corrected chi connectivity index (χ4v) is 3.15. The summed E-state index contributed by atoms with van der Waals surface area (Å²) in [6.45, 7) is 0.635. The summed E-state index contributed by atoms with van der Waals surface area (Å²) < 4.78 is 13.7. The highest BCUT2D eigenvalue weighted by Crippen LogP contribution is 2.31. The molecule has 0 saturated heterocycles. The van der Waals surface area contributed by atoms with Gasteiger partial charge in [0.25, 0.3) is 0 Å². The van der Waals surface area contributed by atoms with E-state index in [1.807, 2.05) is 37.4 Å². The Kier molecular flexibility index (Phi) is 4.13. The SMILES string of the molecule is CNCc1cc(F)cc(Sc2ncnc3ccccc23)c1. The van der Waals surface area contributed by atoms with Crippen molar-refractivity contribution in [2.24, 2.45) is 0 Å². The van der Waals surface area contributed by atoms with Crippen molar-refractivity contribution in [1.82, 2.24) is 15.3 Å². The second-order valence-corrected chi connectivity index (χ2v) is 5.69. The van der Waals surface area contributed by atoms with E-state index in [1.165, 1.54) is 17.8 Å². The minimum Gasteiger partial charge on any atom is -0.316 e. The summed E-state index contributed by atoms with van der Waals surface area (Å²) in [5.41, 5.74) is 1.81. The van der Waals surface area contributed by atoms with Crippen molar-refractivity contribution in [1.29, 1.82) is 0 Å². The van der Waals surface area contributed by atoms with Gasteiger partial charge in [0.1, 0.15) is 17.2 Å². The number of hydrogen-bond acceptors (Lipinski definition) is 4. The first-order valence-corrected chi connectivity index (χ1v) is 7.39. The summed E-state index contributed by atoms with van der Waals surface area (Å²) in [6, 6.07) is 12.9. The Morgan fingerprint density at radius 1 is 1.14 bits per heavy atom. The van der Waals surface area contributed by atoms with Gasteiger partial charge in [0.15, 0.2) is 0 Å². The molecule has 21 heavy (non-hydrogen) atoms. The number of benzene rings is 2. The third-order valence-corrected chi connectivity index (χ3v) is 4.02.